The standard InChI is InChI=1S/C14H18N4O2/c1-8(2)12(15)14(20)16-7-11(19)13-17-9-5-3-4-6-10(9)18-13/h3-6,8,12H,7,15H2,1-2H3,(H,16,20)(H,17,18)/t12-/m0/s1. The molecule has 0 unspecified atom stereocenters. The Hall–Kier alpha value is -2.21. The zero-order valence-corrected chi connectivity index (χ0v) is 11.5. The van der Waals surface area contributed by atoms with Crippen molar-refractivity contribution in [3.05, 3.63) is 30.1 Å². The number of imidazole rings is 1. The van der Waals surface area contributed by atoms with Crippen LogP contribution in [-0.4, -0.2) is 34.2 Å². The number of benzene rings is 1. The van der Waals surface area contributed by atoms with Gasteiger partial charge in [-0.05, 0) is 18.1 Å². The molecule has 0 saturated carbocycles. The van der Waals surface area contributed by atoms with Gasteiger partial charge in [-0.2, -0.15) is 0 Å². The first-order valence-corrected chi connectivity index (χ1v) is 6.50. The zero-order chi connectivity index (χ0) is 14.7. The number of rotatable bonds is 5. The van der Waals surface area contributed by atoms with Crippen molar-refractivity contribution >= 4 is 22.7 Å². The summed E-state index contributed by atoms with van der Waals surface area (Å²) in [4.78, 5) is 30.7. The van der Waals surface area contributed by atoms with Crippen LogP contribution < -0.4 is 11.1 Å². The van der Waals surface area contributed by atoms with Gasteiger partial charge >= 0.3 is 0 Å². The number of nitrogens with two attached hydrogens (primary N) is 1. The Morgan fingerprint density at radius 1 is 1.35 bits per heavy atom. The molecule has 0 fully saturated rings. The first-order chi connectivity index (χ1) is 9.49. The minimum atomic E-state index is -0.613. The Morgan fingerprint density at radius 2 is 2.05 bits per heavy atom. The molecule has 20 heavy (non-hydrogen) atoms. The molecule has 1 aromatic carbocycles. The van der Waals surface area contributed by atoms with E-state index >= 15 is 0 Å². The molecule has 0 spiro atoms. The van der Waals surface area contributed by atoms with Crippen LogP contribution in [0.15, 0.2) is 24.3 Å². The quantitative estimate of drug-likeness (QED) is 0.703. The second-order valence-corrected chi connectivity index (χ2v) is 5.01. The number of hydrogen-bond donors (Lipinski definition) is 3. The lowest BCUT2D eigenvalue weighted by molar-refractivity contribution is -0.123. The van der Waals surface area contributed by atoms with Crippen molar-refractivity contribution in [2.24, 2.45) is 11.7 Å². The number of carbonyl (C=O) groups is 2. The summed E-state index contributed by atoms with van der Waals surface area (Å²) >= 11 is 0. The number of nitrogens with zero attached hydrogens (tertiary/aromatic N) is 1. The highest BCUT2D eigenvalue weighted by atomic mass is 16.2. The molecule has 0 aliphatic rings. The summed E-state index contributed by atoms with van der Waals surface area (Å²) in [5.74, 6) is -0.337. The molecule has 1 heterocycles. The second kappa shape index (κ2) is 5.83. The molecule has 2 aromatic rings. The maximum atomic E-state index is 12.0. The normalized spacial score (nSPS) is 12.6. The SMILES string of the molecule is CC(C)[C@H](N)C(=O)NCC(=O)c1nc2ccccc2[nH]1. The number of ketones is 1. The van der Waals surface area contributed by atoms with Gasteiger partial charge < -0.3 is 16.0 Å². The Morgan fingerprint density at radius 3 is 2.70 bits per heavy atom. The molecule has 0 saturated heterocycles. The van der Waals surface area contributed by atoms with Crippen molar-refractivity contribution in [2.75, 3.05) is 6.54 Å². The lowest BCUT2D eigenvalue weighted by Gasteiger charge is -2.14. The summed E-state index contributed by atoms with van der Waals surface area (Å²) < 4.78 is 0. The maximum Gasteiger partial charge on any atom is 0.237 e. The molecule has 6 nitrogen and oxygen atoms in total. The first kappa shape index (κ1) is 14.2. The van der Waals surface area contributed by atoms with Crippen LogP contribution in [0, 0.1) is 5.92 Å². The van der Waals surface area contributed by atoms with Crippen LogP contribution in [-0.2, 0) is 4.79 Å². The monoisotopic (exact) mass is 274 g/mol. The Balaban J connectivity index is 2.00. The number of para-hydroxylation sites is 2. The van der Waals surface area contributed by atoms with Gasteiger partial charge in [0.2, 0.25) is 11.7 Å². The molecule has 4 N–H and O–H groups in total. The number of amides is 1. The van der Waals surface area contributed by atoms with Crippen molar-refractivity contribution in [3.8, 4) is 0 Å². The number of carbonyl (C=O) groups excluding carboxylic acids is 2. The van der Waals surface area contributed by atoms with Crippen LogP contribution in [0.3, 0.4) is 0 Å². The molecular formula is C14H18N4O2. The van der Waals surface area contributed by atoms with Crippen molar-refractivity contribution in [1.82, 2.24) is 15.3 Å². The van der Waals surface area contributed by atoms with E-state index in [4.69, 9.17) is 5.73 Å². The number of hydrogen-bond acceptors (Lipinski definition) is 4. The molecular weight excluding hydrogens is 256 g/mol. The number of aromatic nitrogens is 2. The van der Waals surface area contributed by atoms with E-state index in [1.165, 1.54) is 0 Å². The van der Waals surface area contributed by atoms with Gasteiger partial charge in [-0.3, -0.25) is 9.59 Å². The minimum absolute atomic E-state index is 0.0244. The fourth-order valence-corrected chi connectivity index (χ4v) is 1.76. The van der Waals surface area contributed by atoms with E-state index < -0.39 is 6.04 Å². The van der Waals surface area contributed by atoms with E-state index in [0.717, 1.165) is 11.0 Å². The van der Waals surface area contributed by atoms with E-state index in [1.807, 2.05) is 38.1 Å². The number of Topliss-reactive ketones (excluding diaryl/α,β-unsaturated/α-hetero) is 1. The third kappa shape index (κ3) is 3.03. The van der Waals surface area contributed by atoms with Crippen molar-refractivity contribution in [2.45, 2.75) is 19.9 Å². The lowest BCUT2D eigenvalue weighted by atomic mass is 10.1. The van der Waals surface area contributed by atoms with Crippen molar-refractivity contribution in [1.29, 1.82) is 0 Å². The van der Waals surface area contributed by atoms with Gasteiger partial charge in [0, 0.05) is 0 Å². The maximum absolute atomic E-state index is 12.0. The average molecular weight is 274 g/mol. The number of aromatic amines is 1. The fourth-order valence-electron chi connectivity index (χ4n) is 1.76. The highest BCUT2D eigenvalue weighted by Crippen LogP contribution is 2.10. The summed E-state index contributed by atoms with van der Waals surface area (Å²) in [6, 6.07) is 6.75. The van der Waals surface area contributed by atoms with Crippen LogP contribution in [0.25, 0.3) is 11.0 Å². The molecule has 106 valence electrons. The topological polar surface area (TPSA) is 101 Å². The molecule has 0 aliphatic heterocycles. The van der Waals surface area contributed by atoms with Gasteiger partial charge in [-0.1, -0.05) is 26.0 Å². The predicted octanol–water partition coefficient (Wildman–Crippen LogP) is 0.845. The van der Waals surface area contributed by atoms with E-state index in [1.54, 1.807) is 0 Å². The summed E-state index contributed by atoms with van der Waals surface area (Å²) in [5, 5.41) is 2.53. The number of nitrogens with one attached hydrogen (secondary N) is 2. The van der Waals surface area contributed by atoms with Crippen LogP contribution in [0.1, 0.15) is 24.5 Å². The van der Waals surface area contributed by atoms with Gasteiger partial charge in [0.15, 0.2) is 5.82 Å². The van der Waals surface area contributed by atoms with Gasteiger partial charge in [0.25, 0.3) is 0 Å². The van der Waals surface area contributed by atoms with E-state index in [-0.39, 0.29) is 30.0 Å². The van der Waals surface area contributed by atoms with E-state index in [2.05, 4.69) is 15.3 Å². The predicted molar refractivity (Wildman–Crippen MR) is 76.2 cm³/mol. The smallest absolute Gasteiger partial charge is 0.237 e. The highest BCUT2D eigenvalue weighted by molar-refractivity contribution is 5.99. The van der Waals surface area contributed by atoms with Gasteiger partial charge in [0.05, 0.1) is 23.6 Å². The van der Waals surface area contributed by atoms with Crippen LogP contribution >= 0.6 is 0 Å². The first-order valence-electron chi connectivity index (χ1n) is 6.50. The van der Waals surface area contributed by atoms with Crippen molar-refractivity contribution < 1.29 is 9.59 Å². The molecule has 2 rings (SSSR count). The van der Waals surface area contributed by atoms with E-state index in [9.17, 15) is 9.59 Å². The Labute approximate surface area is 116 Å². The van der Waals surface area contributed by atoms with Gasteiger partial charge in [0.1, 0.15) is 0 Å². The van der Waals surface area contributed by atoms with E-state index in [0.29, 0.717) is 0 Å². The fraction of sp³-hybridized carbons (Fsp3) is 0.357. The summed E-state index contributed by atoms with van der Waals surface area (Å²) in [6.07, 6.45) is 0. The van der Waals surface area contributed by atoms with Crippen LogP contribution in [0.2, 0.25) is 0 Å². The lowest BCUT2D eigenvalue weighted by Crippen LogP contribution is -2.45. The molecule has 0 aliphatic carbocycles. The van der Waals surface area contributed by atoms with Gasteiger partial charge in [-0.15, -0.1) is 0 Å². The average Bonchev–Trinajstić information content (AvgIpc) is 2.87. The molecule has 0 radical (unpaired) electrons. The zero-order valence-electron chi connectivity index (χ0n) is 11.5. The third-order valence-electron chi connectivity index (χ3n) is 3.10. The molecule has 6 heteroatoms. The Kier molecular flexibility index (Phi) is 4.14. The number of H-pyrrole nitrogens is 1. The highest BCUT2D eigenvalue weighted by Gasteiger charge is 2.19. The largest absolute Gasteiger partial charge is 0.347 e. The third-order valence-corrected chi connectivity index (χ3v) is 3.10. The van der Waals surface area contributed by atoms with Gasteiger partial charge in [-0.25, -0.2) is 4.98 Å². The molecule has 1 aromatic heterocycles. The molecule has 0 bridgehead atoms. The molecule has 1 atom stereocenters. The summed E-state index contributed by atoms with van der Waals surface area (Å²) in [5.41, 5.74) is 7.22. The summed E-state index contributed by atoms with van der Waals surface area (Å²) in [7, 11) is 0. The second-order valence-electron chi connectivity index (χ2n) is 5.01. The summed E-state index contributed by atoms with van der Waals surface area (Å²) in [6.45, 7) is 3.59. The number of fused-ring (bicyclic) bond motifs is 1. The Bertz CT molecular complexity index is 600. The minimum Gasteiger partial charge on any atom is -0.347 e. The molecule has 1 amide bonds. The van der Waals surface area contributed by atoms with Crippen molar-refractivity contribution in [3.63, 3.8) is 0 Å². The van der Waals surface area contributed by atoms with Crippen LogP contribution in [0.5, 0.6) is 0 Å². The van der Waals surface area contributed by atoms with Crippen LogP contribution in [0.4, 0.5) is 0 Å².